The predicted octanol–water partition coefficient (Wildman–Crippen LogP) is 1.30. The molecule has 0 aliphatic carbocycles. The Morgan fingerprint density at radius 1 is 1.16 bits per heavy atom. The highest BCUT2D eigenvalue weighted by Gasteiger charge is 2.23. The molecule has 3 aromatic rings. The summed E-state index contributed by atoms with van der Waals surface area (Å²) in [7, 11) is 1.86. The molecule has 0 saturated carbocycles. The van der Waals surface area contributed by atoms with Crippen molar-refractivity contribution in [2.24, 2.45) is 7.05 Å². The molecule has 2 aromatic heterocycles. The van der Waals surface area contributed by atoms with Crippen LogP contribution >= 0.6 is 0 Å². The molecule has 0 bridgehead atoms. The van der Waals surface area contributed by atoms with Gasteiger partial charge in [-0.25, -0.2) is 14.6 Å². The fraction of sp³-hybridized carbons (Fsp3) is 0.333. The summed E-state index contributed by atoms with van der Waals surface area (Å²) in [5, 5.41) is 4.62. The van der Waals surface area contributed by atoms with Crippen molar-refractivity contribution in [3.8, 4) is 0 Å². The second kappa shape index (κ2) is 6.51. The Morgan fingerprint density at radius 3 is 2.76 bits per heavy atom. The van der Waals surface area contributed by atoms with E-state index < -0.39 is 0 Å². The standard InChI is InChI=1S/C18H20N6O/c1-22-12-15(19-13-22)18(25)23-8-7-17-20-16(21-24(17)10-9-23)11-14-5-3-2-4-6-14/h2-6,12-13H,7-11H2,1H3. The van der Waals surface area contributed by atoms with Gasteiger partial charge in [-0.05, 0) is 5.56 Å². The summed E-state index contributed by atoms with van der Waals surface area (Å²) >= 11 is 0. The monoisotopic (exact) mass is 336 g/mol. The largest absolute Gasteiger partial charge is 0.340 e. The molecule has 0 spiro atoms. The molecule has 3 heterocycles. The lowest BCUT2D eigenvalue weighted by molar-refractivity contribution is 0.0752. The summed E-state index contributed by atoms with van der Waals surface area (Å²) in [5.41, 5.74) is 1.69. The Labute approximate surface area is 145 Å². The predicted molar refractivity (Wildman–Crippen MR) is 92.1 cm³/mol. The molecule has 1 amide bonds. The number of amides is 1. The van der Waals surface area contributed by atoms with Gasteiger partial charge in [0.05, 0.1) is 12.9 Å². The molecule has 0 fully saturated rings. The Hall–Kier alpha value is -2.96. The molecule has 25 heavy (non-hydrogen) atoms. The SMILES string of the molecule is Cn1cnc(C(=O)N2CCc3nc(Cc4ccccc4)nn3CC2)c1. The van der Waals surface area contributed by atoms with Crippen molar-refractivity contribution >= 4 is 5.91 Å². The van der Waals surface area contributed by atoms with Crippen molar-refractivity contribution in [3.63, 3.8) is 0 Å². The Bertz CT molecular complexity index is 857. The molecule has 128 valence electrons. The van der Waals surface area contributed by atoms with E-state index in [2.05, 4.69) is 27.2 Å². The maximum atomic E-state index is 12.5. The van der Waals surface area contributed by atoms with Crippen molar-refractivity contribution in [1.29, 1.82) is 0 Å². The van der Waals surface area contributed by atoms with Crippen molar-refractivity contribution in [3.05, 3.63) is 65.8 Å². The number of aryl methyl sites for hydroxylation is 1. The maximum absolute atomic E-state index is 12.5. The van der Waals surface area contributed by atoms with Crippen LogP contribution in [0.3, 0.4) is 0 Å². The number of benzene rings is 1. The zero-order valence-corrected chi connectivity index (χ0v) is 14.2. The minimum Gasteiger partial charge on any atom is -0.340 e. The molecule has 1 aliphatic heterocycles. The first-order valence-corrected chi connectivity index (χ1v) is 8.43. The fourth-order valence-electron chi connectivity index (χ4n) is 3.09. The lowest BCUT2D eigenvalue weighted by atomic mass is 10.1. The Balaban J connectivity index is 1.45. The van der Waals surface area contributed by atoms with Crippen molar-refractivity contribution in [2.75, 3.05) is 13.1 Å². The molecule has 1 aliphatic rings. The van der Waals surface area contributed by atoms with Crippen LogP contribution in [-0.2, 0) is 26.4 Å². The molecule has 0 radical (unpaired) electrons. The van der Waals surface area contributed by atoms with Crippen LogP contribution in [0.25, 0.3) is 0 Å². The molecule has 0 N–H and O–H groups in total. The van der Waals surface area contributed by atoms with Gasteiger partial charge < -0.3 is 9.47 Å². The van der Waals surface area contributed by atoms with Crippen LogP contribution in [0.15, 0.2) is 42.9 Å². The number of imidazole rings is 1. The molecular weight excluding hydrogens is 316 g/mol. The van der Waals surface area contributed by atoms with Gasteiger partial charge in [0.15, 0.2) is 5.82 Å². The second-order valence-electron chi connectivity index (χ2n) is 6.30. The quantitative estimate of drug-likeness (QED) is 0.723. The van der Waals surface area contributed by atoms with E-state index in [0.29, 0.717) is 31.7 Å². The van der Waals surface area contributed by atoms with E-state index in [-0.39, 0.29) is 5.91 Å². The topological polar surface area (TPSA) is 68.8 Å². The lowest BCUT2D eigenvalue weighted by Gasteiger charge is -2.18. The van der Waals surface area contributed by atoms with Gasteiger partial charge in [0.2, 0.25) is 0 Å². The third-order valence-corrected chi connectivity index (χ3v) is 4.40. The van der Waals surface area contributed by atoms with Crippen LogP contribution in [0.1, 0.15) is 27.7 Å². The van der Waals surface area contributed by atoms with Gasteiger partial charge in [0, 0.05) is 39.2 Å². The van der Waals surface area contributed by atoms with Crippen LogP contribution in [-0.4, -0.2) is 48.2 Å². The van der Waals surface area contributed by atoms with E-state index in [4.69, 9.17) is 0 Å². The maximum Gasteiger partial charge on any atom is 0.274 e. The normalized spacial score (nSPS) is 14.2. The highest BCUT2D eigenvalue weighted by molar-refractivity contribution is 5.92. The molecule has 0 saturated heterocycles. The molecule has 7 nitrogen and oxygen atoms in total. The van der Waals surface area contributed by atoms with E-state index in [1.165, 1.54) is 5.56 Å². The number of rotatable bonds is 3. The van der Waals surface area contributed by atoms with Gasteiger partial charge in [-0.3, -0.25) is 4.79 Å². The summed E-state index contributed by atoms with van der Waals surface area (Å²) in [4.78, 5) is 23.2. The van der Waals surface area contributed by atoms with Crippen LogP contribution in [0, 0.1) is 0 Å². The van der Waals surface area contributed by atoms with Crippen molar-refractivity contribution < 1.29 is 4.79 Å². The zero-order chi connectivity index (χ0) is 17.2. The first-order chi connectivity index (χ1) is 12.2. The number of carbonyl (C=O) groups excluding carboxylic acids is 1. The second-order valence-corrected chi connectivity index (χ2v) is 6.30. The molecular formula is C18H20N6O. The van der Waals surface area contributed by atoms with Crippen molar-refractivity contribution in [2.45, 2.75) is 19.4 Å². The van der Waals surface area contributed by atoms with Crippen LogP contribution < -0.4 is 0 Å². The first-order valence-electron chi connectivity index (χ1n) is 8.43. The number of aromatic nitrogens is 5. The number of fused-ring (bicyclic) bond motifs is 1. The van der Waals surface area contributed by atoms with Gasteiger partial charge in [0.25, 0.3) is 5.91 Å². The smallest absolute Gasteiger partial charge is 0.274 e. The van der Waals surface area contributed by atoms with E-state index in [1.54, 1.807) is 17.1 Å². The first kappa shape index (κ1) is 15.6. The van der Waals surface area contributed by atoms with Crippen LogP contribution in [0.5, 0.6) is 0 Å². The Morgan fingerprint density at radius 2 is 2.00 bits per heavy atom. The Kier molecular flexibility index (Phi) is 4.05. The summed E-state index contributed by atoms with van der Waals surface area (Å²) in [6, 6.07) is 10.2. The summed E-state index contributed by atoms with van der Waals surface area (Å²) in [5.74, 6) is 1.75. The summed E-state index contributed by atoms with van der Waals surface area (Å²) in [6.45, 7) is 1.92. The summed E-state index contributed by atoms with van der Waals surface area (Å²) in [6.07, 6.45) is 4.84. The summed E-state index contributed by atoms with van der Waals surface area (Å²) < 4.78 is 3.72. The molecule has 0 unspecified atom stereocenters. The third-order valence-electron chi connectivity index (χ3n) is 4.40. The number of carbonyl (C=O) groups is 1. The highest BCUT2D eigenvalue weighted by Crippen LogP contribution is 2.12. The van der Waals surface area contributed by atoms with Gasteiger partial charge in [-0.1, -0.05) is 30.3 Å². The molecule has 0 atom stereocenters. The third kappa shape index (κ3) is 3.31. The fourth-order valence-corrected chi connectivity index (χ4v) is 3.09. The average Bonchev–Trinajstić information content (AvgIpc) is 3.16. The van der Waals surface area contributed by atoms with Gasteiger partial charge in [-0.2, -0.15) is 5.10 Å². The number of hydrogen-bond donors (Lipinski definition) is 0. The molecule has 7 heteroatoms. The van der Waals surface area contributed by atoms with Crippen LogP contribution in [0.4, 0.5) is 0 Å². The lowest BCUT2D eigenvalue weighted by Crippen LogP contribution is -2.34. The van der Waals surface area contributed by atoms with Gasteiger partial charge in [-0.15, -0.1) is 0 Å². The number of hydrogen-bond acceptors (Lipinski definition) is 4. The van der Waals surface area contributed by atoms with Crippen LogP contribution in [0.2, 0.25) is 0 Å². The zero-order valence-electron chi connectivity index (χ0n) is 14.2. The molecule has 4 rings (SSSR count). The van der Waals surface area contributed by atoms with E-state index in [9.17, 15) is 4.79 Å². The van der Waals surface area contributed by atoms with Gasteiger partial charge >= 0.3 is 0 Å². The van der Waals surface area contributed by atoms with Gasteiger partial charge in [0.1, 0.15) is 11.5 Å². The van der Waals surface area contributed by atoms with E-state index in [0.717, 1.165) is 18.1 Å². The average molecular weight is 336 g/mol. The number of nitrogens with zero attached hydrogens (tertiary/aromatic N) is 6. The minimum atomic E-state index is -0.0316. The minimum absolute atomic E-state index is 0.0316. The van der Waals surface area contributed by atoms with Crippen molar-refractivity contribution in [1.82, 2.24) is 29.2 Å². The highest BCUT2D eigenvalue weighted by atomic mass is 16.2. The molecule has 1 aromatic carbocycles. The van der Waals surface area contributed by atoms with E-state index in [1.807, 2.05) is 34.8 Å². The van der Waals surface area contributed by atoms with E-state index >= 15 is 0 Å².